The molecular formula is C15H18N2O4. The third-order valence-electron chi connectivity index (χ3n) is 2.76. The standard InChI is InChI=1S/C15H18N2O4/c1-4-19-12-7-5-6-11(8-18)14(12)20-9-13-16-15(10(2)3)21-17-13/h5-8,10H,4,9H2,1-3H3. The molecule has 0 N–H and O–H groups in total. The van der Waals surface area contributed by atoms with Gasteiger partial charge in [-0.15, -0.1) is 0 Å². The zero-order valence-electron chi connectivity index (χ0n) is 12.3. The first kappa shape index (κ1) is 15.0. The molecule has 0 radical (unpaired) electrons. The Labute approximate surface area is 123 Å². The van der Waals surface area contributed by atoms with Crippen LogP contribution in [-0.2, 0) is 6.61 Å². The Kier molecular flexibility index (Phi) is 4.92. The van der Waals surface area contributed by atoms with Gasteiger partial charge in [0.25, 0.3) is 0 Å². The van der Waals surface area contributed by atoms with E-state index in [0.717, 1.165) is 6.29 Å². The van der Waals surface area contributed by atoms with Gasteiger partial charge in [-0.25, -0.2) is 0 Å². The minimum absolute atomic E-state index is 0.112. The van der Waals surface area contributed by atoms with Gasteiger partial charge < -0.3 is 14.0 Å². The van der Waals surface area contributed by atoms with Gasteiger partial charge in [0.1, 0.15) is 0 Å². The van der Waals surface area contributed by atoms with Gasteiger partial charge in [0.2, 0.25) is 11.7 Å². The maximum atomic E-state index is 11.1. The second-order valence-electron chi connectivity index (χ2n) is 4.72. The second-order valence-corrected chi connectivity index (χ2v) is 4.72. The maximum Gasteiger partial charge on any atom is 0.229 e. The largest absolute Gasteiger partial charge is 0.490 e. The van der Waals surface area contributed by atoms with Crippen molar-refractivity contribution in [2.24, 2.45) is 0 Å². The molecule has 0 aliphatic rings. The number of nitrogens with zero attached hydrogens (tertiary/aromatic N) is 2. The minimum atomic E-state index is 0.112. The summed E-state index contributed by atoms with van der Waals surface area (Å²) < 4.78 is 16.2. The first-order valence-corrected chi connectivity index (χ1v) is 6.82. The summed E-state index contributed by atoms with van der Waals surface area (Å²) in [7, 11) is 0. The van der Waals surface area contributed by atoms with Crippen molar-refractivity contribution in [2.75, 3.05) is 6.61 Å². The van der Waals surface area contributed by atoms with Gasteiger partial charge in [-0.2, -0.15) is 4.98 Å². The predicted octanol–water partition coefficient (Wildman–Crippen LogP) is 2.98. The van der Waals surface area contributed by atoms with Gasteiger partial charge in [0.15, 0.2) is 24.4 Å². The first-order valence-electron chi connectivity index (χ1n) is 6.82. The lowest BCUT2D eigenvalue weighted by Gasteiger charge is -2.12. The van der Waals surface area contributed by atoms with E-state index in [1.165, 1.54) is 0 Å². The number of carbonyl (C=O) groups excluding carboxylic acids is 1. The van der Waals surface area contributed by atoms with Crippen LogP contribution in [-0.4, -0.2) is 23.0 Å². The molecule has 6 nitrogen and oxygen atoms in total. The summed E-state index contributed by atoms with van der Waals surface area (Å²) in [6, 6.07) is 5.16. The lowest BCUT2D eigenvalue weighted by atomic mass is 10.2. The lowest BCUT2D eigenvalue weighted by Crippen LogP contribution is -2.03. The van der Waals surface area contributed by atoms with Crippen LogP contribution in [0.3, 0.4) is 0 Å². The quantitative estimate of drug-likeness (QED) is 0.730. The SMILES string of the molecule is CCOc1cccc(C=O)c1OCc1noc(C(C)C)n1. The summed E-state index contributed by atoms with van der Waals surface area (Å²) in [6.45, 7) is 6.39. The van der Waals surface area contributed by atoms with Crippen LogP contribution in [0.4, 0.5) is 0 Å². The number of carbonyl (C=O) groups is 1. The van der Waals surface area contributed by atoms with Crippen LogP contribution in [0.2, 0.25) is 0 Å². The fraction of sp³-hybridized carbons (Fsp3) is 0.400. The van der Waals surface area contributed by atoms with Gasteiger partial charge in [-0.05, 0) is 19.1 Å². The van der Waals surface area contributed by atoms with Crippen LogP contribution < -0.4 is 9.47 Å². The van der Waals surface area contributed by atoms with Crippen molar-refractivity contribution in [3.05, 3.63) is 35.5 Å². The zero-order valence-corrected chi connectivity index (χ0v) is 12.3. The summed E-state index contributed by atoms with van der Waals surface area (Å²) in [5, 5.41) is 3.84. The van der Waals surface area contributed by atoms with Crippen LogP contribution in [0.25, 0.3) is 0 Å². The average molecular weight is 290 g/mol. The molecule has 0 atom stereocenters. The smallest absolute Gasteiger partial charge is 0.229 e. The fourth-order valence-electron chi connectivity index (χ4n) is 1.75. The number of benzene rings is 1. The molecule has 0 saturated heterocycles. The Morgan fingerprint density at radius 3 is 2.76 bits per heavy atom. The van der Waals surface area contributed by atoms with Gasteiger partial charge in [0, 0.05) is 5.92 Å². The van der Waals surface area contributed by atoms with Crippen LogP contribution >= 0.6 is 0 Å². The third kappa shape index (κ3) is 3.59. The molecule has 0 amide bonds. The van der Waals surface area contributed by atoms with Crippen molar-refractivity contribution >= 4 is 6.29 Å². The molecule has 0 bridgehead atoms. The van der Waals surface area contributed by atoms with E-state index in [9.17, 15) is 4.79 Å². The van der Waals surface area contributed by atoms with Gasteiger partial charge in [-0.3, -0.25) is 4.79 Å². The molecule has 2 aromatic rings. The summed E-state index contributed by atoms with van der Waals surface area (Å²) in [6.07, 6.45) is 0.730. The van der Waals surface area contributed by atoms with E-state index in [0.29, 0.717) is 35.4 Å². The zero-order chi connectivity index (χ0) is 15.2. The van der Waals surface area contributed by atoms with Crippen molar-refractivity contribution in [1.82, 2.24) is 10.1 Å². The van der Waals surface area contributed by atoms with E-state index in [2.05, 4.69) is 10.1 Å². The number of aromatic nitrogens is 2. The third-order valence-corrected chi connectivity index (χ3v) is 2.76. The molecule has 2 rings (SSSR count). The van der Waals surface area contributed by atoms with Gasteiger partial charge in [0.05, 0.1) is 12.2 Å². The number of aldehydes is 1. The van der Waals surface area contributed by atoms with Gasteiger partial charge in [-0.1, -0.05) is 25.1 Å². The molecule has 0 fully saturated rings. The van der Waals surface area contributed by atoms with Crippen LogP contribution in [0.1, 0.15) is 48.8 Å². The van der Waals surface area contributed by atoms with E-state index in [1.54, 1.807) is 18.2 Å². The second kappa shape index (κ2) is 6.88. The van der Waals surface area contributed by atoms with Crippen molar-refractivity contribution in [3.63, 3.8) is 0 Å². The molecule has 0 unspecified atom stereocenters. The van der Waals surface area contributed by atoms with Crippen LogP contribution in [0.15, 0.2) is 22.7 Å². The topological polar surface area (TPSA) is 74.5 Å². The molecule has 1 aromatic heterocycles. The number of para-hydroxylation sites is 1. The lowest BCUT2D eigenvalue weighted by molar-refractivity contribution is 0.111. The highest BCUT2D eigenvalue weighted by Gasteiger charge is 2.14. The highest BCUT2D eigenvalue weighted by Crippen LogP contribution is 2.31. The molecule has 1 heterocycles. The van der Waals surface area contributed by atoms with Crippen LogP contribution in [0, 0.1) is 0 Å². The highest BCUT2D eigenvalue weighted by molar-refractivity contribution is 5.81. The molecule has 21 heavy (non-hydrogen) atoms. The number of hydrogen-bond acceptors (Lipinski definition) is 6. The van der Waals surface area contributed by atoms with E-state index in [4.69, 9.17) is 14.0 Å². The summed E-state index contributed by atoms with van der Waals surface area (Å²) in [5.74, 6) is 2.07. The highest BCUT2D eigenvalue weighted by atomic mass is 16.5. The summed E-state index contributed by atoms with van der Waals surface area (Å²) in [4.78, 5) is 15.3. The minimum Gasteiger partial charge on any atom is -0.490 e. The Hall–Kier alpha value is -2.37. The predicted molar refractivity (Wildman–Crippen MR) is 75.7 cm³/mol. The normalized spacial score (nSPS) is 10.7. The summed E-state index contributed by atoms with van der Waals surface area (Å²) in [5.41, 5.74) is 0.425. The van der Waals surface area contributed by atoms with E-state index in [-0.39, 0.29) is 12.5 Å². The fourth-order valence-corrected chi connectivity index (χ4v) is 1.75. The molecule has 0 saturated carbocycles. The van der Waals surface area contributed by atoms with E-state index < -0.39 is 0 Å². The molecule has 0 aliphatic heterocycles. The van der Waals surface area contributed by atoms with Crippen molar-refractivity contribution in [2.45, 2.75) is 33.3 Å². The number of rotatable bonds is 7. The molecule has 112 valence electrons. The maximum absolute atomic E-state index is 11.1. The van der Waals surface area contributed by atoms with Gasteiger partial charge >= 0.3 is 0 Å². The number of ether oxygens (including phenoxy) is 2. The monoisotopic (exact) mass is 290 g/mol. The molecule has 0 spiro atoms. The first-order chi connectivity index (χ1) is 10.2. The number of hydrogen-bond donors (Lipinski definition) is 0. The Morgan fingerprint density at radius 1 is 1.33 bits per heavy atom. The molecule has 1 aromatic carbocycles. The molecule has 0 aliphatic carbocycles. The Morgan fingerprint density at radius 2 is 2.14 bits per heavy atom. The molecular weight excluding hydrogens is 272 g/mol. The summed E-state index contributed by atoms with van der Waals surface area (Å²) >= 11 is 0. The van der Waals surface area contributed by atoms with Crippen molar-refractivity contribution in [1.29, 1.82) is 0 Å². The van der Waals surface area contributed by atoms with Crippen molar-refractivity contribution < 1.29 is 18.8 Å². The van der Waals surface area contributed by atoms with Crippen molar-refractivity contribution in [3.8, 4) is 11.5 Å². The average Bonchev–Trinajstić information content (AvgIpc) is 2.95. The Bertz CT molecular complexity index is 607. The molecule has 6 heteroatoms. The van der Waals surface area contributed by atoms with Crippen LogP contribution in [0.5, 0.6) is 11.5 Å². The Balaban J connectivity index is 2.16. The van der Waals surface area contributed by atoms with E-state index in [1.807, 2.05) is 20.8 Å². The van der Waals surface area contributed by atoms with E-state index >= 15 is 0 Å².